The Morgan fingerprint density at radius 2 is 0.592 bits per heavy atom. The molecule has 0 bridgehead atoms. The van der Waals surface area contributed by atoms with E-state index >= 15 is 0 Å². The summed E-state index contributed by atoms with van der Waals surface area (Å²) in [6, 6.07) is 73.5. The Hall–Kier alpha value is -4.60. The Bertz CT molecular complexity index is 1980. The van der Waals surface area contributed by atoms with Crippen molar-refractivity contribution >= 4 is 38.4 Å². The first kappa shape index (κ1) is 34.3. The van der Waals surface area contributed by atoms with Crippen LogP contribution in [0.5, 0.6) is 0 Å². The van der Waals surface area contributed by atoms with Crippen LogP contribution >= 0.6 is 17.2 Å². The molecule has 0 N–H and O–H groups in total. The van der Waals surface area contributed by atoms with Gasteiger partial charge in [-0.15, -0.1) is 27.8 Å². The Morgan fingerprint density at radius 1 is 0.286 bits per heavy atom. The van der Waals surface area contributed by atoms with Gasteiger partial charge in [0.2, 0.25) is 0 Å². The zero-order valence-corrected chi connectivity index (χ0v) is 30.1. The largest absolute Gasteiger partial charge is 2.00 e. The van der Waals surface area contributed by atoms with Crippen molar-refractivity contribution in [1.29, 1.82) is 0 Å². The monoisotopic (exact) mass is 706 g/mol. The van der Waals surface area contributed by atoms with Crippen LogP contribution < -0.4 is 21.2 Å². The van der Waals surface area contributed by atoms with Crippen molar-refractivity contribution in [2.75, 3.05) is 0 Å². The molecule has 0 aromatic heterocycles. The minimum atomic E-state index is 0. The Kier molecular flexibility index (Phi) is 12.0. The summed E-state index contributed by atoms with van der Waals surface area (Å²) in [4.78, 5) is 0. The van der Waals surface area contributed by atoms with Crippen LogP contribution in [-0.2, 0) is 17.1 Å². The molecule has 0 saturated carbocycles. The molecule has 0 nitrogen and oxygen atoms in total. The maximum Gasteiger partial charge on any atom is 2.00 e. The summed E-state index contributed by atoms with van der Waals surface area (Å²) in [5, 5.41) is 5.57. The second kappa shape index (κ2) is 17.2. The van der Waals surface area contributed by atoms with Gasteiger partial charge in [0.1, 0.15) is 0 Å². The second-order valence-corrected chi connectivity index (χ2v) is 14.2. The molecule has 2 unspecified atom stereocenters. The Balaban J connectivity index is 0.000000167. The van der Waals surface area contributed by atoms with E-state index in [2.05, 4.69) is 206 Å². The van der Waals surface area contributed by atoms with Crippen LogP contribution in [0.25, 0.3) is 44.5 Å². The molecule has 0 fully saturated rings. The van der Waals surface area contributed by atoms with Crippen molar-refractivity contribution in [2.24, 2.45) is 0 Å². The number of hydrogen-bond acceptors (Lipinski definition) is 0. The van der Waals surface area contributed by atoms with E-state index in [1.807, 2.05) is 0 Å². The molecule has 238 valence electrons. The summed E-state index contributed by atoms with van der Waals surface area (Å²) < 4.78 is 0. The molecule has 49 heavy (non-hydrogen) atoms. The number of benzene rings is 6. The van der Waals surface area contributed by atoms with E-state index in [4.69, 9.17) is 0 Å². The van der Waals surface area contributed by atoms with Gasteiger partial charge in [-0.2, -0.15) is 24.3 Å². The Morgan fingerprint density at radius 3 is 0.918 bits per heavy atom. The minimum absolute atomic E-state index is 0. The van der Waals surface area contributed by atoms with Crippen LogP contribution in [-0.4, -0.2) is 0 Å². The molecule has 2 atom stereocenters. The molecule has 0 saturated heterocycles. The normalized spacial score (nSPS) is 10.9. The summed E-state index contributed by atoms with van der Waals surface area (Å²) in [5.74, 6) is 0. The minimum Gasteiger partial charge on any atom is -0.213 e. The molecule has 0 radical (unpaired) electrons. The SMILES string of the molecule is [Fe+2].c1ccc(-c2cccc(P[c-]3cccc3)c2-c2ccccc2)cc1.c1ccc(-c2cccc(P[c-]3cccc3)c2-c2ccccc2)cc1. The van der Waals surface area contributed by atoms with Gasteiger partial charge in [-0.3, -0.25) is 0 Å². The predicted octanol–water partition coefficient (Wildman–Crippen LogP) is 10.7. The van der Waals surface area contributed by atoms with Gasteiger partial charge < -0.3 is 0 Å². The first-order valence-electron chi connectivity index (χ1n) is 16.3. The average Bonchev–Trinajstić information content (AvgIpc) is 3.88. The van der Waals surface area contributed by atoms with Crippen molar-refractivity contribution < 1.29 is 17.1 Å². The molecular weight excluding hydrogens is 670 g/mol. The van der Waals surface area contributed by atoms with Gasteiger partial charge in [-0.05, 0) is 55.1 Å². The topological polar surface area (TPSA) is 0 Å². The van der Waals surface area contributed by atoms with Crippen molar-refractivity contribution in [2.45, 2.75) is 0 Å². The van der Waals surface area contributed by atoms with Crippen LogP contribution in [0.15, 0.2) is 206 Å². The smallest absolute Gasteiger partial charge is 0.213 e. The van der Waals surface area contributed by atoms with Gasteiger partial charge in [0.25, 0.3) is 0 Å². The molecule has 0 aliphatic heterocycles. The first-order valence-corrected chi connectivity index (χ1v) is 18.3. The third kappa shape index (κ3) is 8.53. The summed E-state index contributed by atoms with van der Waals surface area (Å²) >= 11 is 0. The third-order valence-electron chi connectivity index (χ3n) is 8.31. The maximum absolute atomic E-state index is 2.26. The van der Waals surface area contributed by atoms with E-state index in [-0.39, 0.29) is 17.1 Å². The third-order valence-corrected chi connectivity index (χ3v) is 10.9. The van der Waals surface area contributed by atoms with Crippen LogP contribution in [0.3, 0.4) is 0 Å². The van der Waals surface area contributed by atoms with Crippen molar-refractivity contribution in [3.05, 3.63) is 206 Å². The standard InChI is InChI=1S/2C23H18P.Fe/c2*1-3-10-18(11-4-1)21-16-9-17-22(24-20-14-7-8-15-20)23(21)19-12-5-2-6-13-19;/h2*1-17,24H;/q2*-1;+2. The zero-order valence-electron chi connectivity index (χ0n) is 27.0. The summed E-state index contributed by atoms with van der Waals surface area (Å²) in [7, 11) is 1.33. The molecular formula is C46H36FeP2. The molecule has 0 spiro atoms. The summed E-state index contributed by atoms with van der Waals surface area (Å²) in [6.45, 7) is 0. The molecule has 8 rings (SSSR count). The van der Waals surface area contributed by atoms with Gasteiger partial charge in [-0.25, -0.2) is 24.3 Å². The molecule has 0 heterocycles. The van der Waals surface area contributed by atoms with Crippen LogP contribution in [0, 0.1) is 0 Å². The average molecular weight is 707 g/mol. The molecule has 0 amide bonds. The van der Waals surface area contributed by atoms with E-state index < -0.39 is 0 Å². The molecule has 3 heteroatoms. The van der Waals surface area contributed by atoms with E-state index in [0.29, 0.717) is 17.2 Å². The van der Waals surface area contributed by atoms with Crippen LogP contribution in [0.1, 0.15) is 0 Å². The Labute approximate surface area is 304 Å². The second-order valence-electron chi connectivity index (χ2n) is 11.5. The zero-order chi connectivity index (χ0) is 32.4. The fourth-order valence-electron chi connectivity index (χ4n) is 6.09. The fraction of sp³-hybridized carbons (Fsp3) is 0. The molecule has 0 aliphatic carbocycles. The van der Waals surface area contributed by atoms with Gasteiger partial charge in [0, 0.05) is 0 Å². The van der Waals surface area contributed by atoms with E-state index in [1.165, 1.54) is 65.7 Å². The number of rotatable bonds is 8. The fourth-order valence-corrected chi connectivity index (χ4v) is 8.59. The maximum atomic E-state index is 2.26. The molecule has 0 aliphatic rings. The van der Waals surface area contributed by atoms with Gasteiger partial charge in [-0.1, -0.05) is 158 Å². The van der Waals surface area contributed by atoms with Crippen molar-refractivity contribution in [3.8, 4) is 44.5 Å². The van der Waals surface area contributed by atoms with E-state index in [0.717, 1.165) is 0 Å². The van der Waals surface area contributed by atoms with Crippen molar-refractivity contribution in [1.82, 2.24) is 0 Å². The van der Waals surface area contributed by atoms with Gasteiger partial charge >= 0.3 is 17.1 Å². The first-order chi connectivity index (χ1) is 23.8. The number of hydrogen-bond donors (Lipinski definition) is 0. The van der Waals surface area contributed by atoms with Gasteiger partial charge in [0.05, 0.1) is 0 Å². The predicted molar refractivity (Wildman–Crippen MR) is 214 cm³/mol. The molecule has 8 aromatic carbocycles. The summed E-state index contributed by atoms with van der Waals surface area (Å²) in [6.07, 6.45) is 0. The van der Waals surface area contributed by atoms with E-state index in [1.54, 1.807) is 0 Å². The summed E-state index contributed by atoms with van der Waals surface area (Å²) in [5.41, 5.74) is 10.4. The van der Waals surface area contributed by atoms with Crippen LogP contribution in [0.4, 0.5) is 0 Å². The van der Waals surface area contributed by atoms with Crippen LogP contribution in [0.2, 0.25) is 0 Å². The molecule has 8 aromatic rings. The van der Waals surface area contributed by atoms with E-state index in [9.17, 15) is 0 Å². The quantitative estimate of drug-likeness (QED) is 0.0839. The van der Waals surface area contributed by atoms with Crippen molar-refractivity contribution in [3.63, 3.8) is 0 Å². The van der Waals surface area contributed by atoms with Gasteiger partial charge in [0.15, 0.2) is 0 Å².